The van der Waals surface area contributed by atoms with Gasteiger partial charge in [-0.25, -0.2) is 0 Å². The molecule has 0 heterocycles. The molecule has 1 fully saturated rings. The SMILES string of the molecule is COc1cccc([C@@H]2C[C@H]2C(C)O)c1. The van der Waals surface area contributed by atoms with E-state index in [1.807, 2.05) is 19.1 Å². The second-order valence-corrected chi connectivity index (χ2v) is 4.02. The molecule has 1 aromatic carbocycles. The third-order valence-electron chi connectivity index (χ3n) is 2.98. The Bertz CT molecular complexity index is 320. The predicted molar refractivity (Wildman–Crippen MR) is 55.5 cm³/mol. The highest BCUT2D eigenvalue weighted by Crippen LogP contribution is 2.49. The fraction of sp³-hybridized carbons (Fsp3) is 0.500. The van der Waals surface area contributed by atoms with E-state index in [2.05, 4.69) is 12.1 Å². The number of ether oxygens (including phenoxy) is 1. The minimum absolute atomic E-state index is 0.189. The molecule has 2 rings (SSSR count). The second kappa shape index (κ2) is 3.62. The minimum Gasteiger partial charge on any atom is -0.497 e. The van der Waals surface area contributed by atoms with Gasteiger partial charge in [0.1, 0.15) is 5.75 Å². The van der Waals surface area contributed by atoms with Gasteiger partial charge in [0.25, 0.3) is 0 Å². The van der Waals surface area contributed by atoms with Crippen LogP contribution in [-0.4, -0.2) is 18.3 Å². The molecule has 0 saturated heterocycles. The summed E-state index contributed by atoms with van der Waals surface area (Å²) >= 11 is 0. The Hall–Kier alpha value is -1.02. The summed E-state index contributed by atoms with van der Waals surface area (Å²) in [7, 11) is 1.68. The van der Waals surface area contributed by atoms with Gasteiger partial charge in [-0.05, 0) is 42.9 Å². The van der Waals surface area contributed by atoms with Crippen LogP contribution in [0.1, 0.15) is 24.8 Å². The Kier molecular flexibility index (Phi) is 2.46. The lowest BCUT2D eigenvalue weighted by atomic mass is 10.1. The van der Waals surface area contributed by atoms with Gasteiger partial charge in [-0.1, -0.05) is 12.1 Å². The number of rotatable bonds is 3. The van der Waals surface area contributed by atoms with E-state index in [-0.39, 0.29) is 6.10 Å². The summed E-state index contributed by atoms with van der Waals surface area (Å²) in [6.45, 7) is 1.87. The van der Waals surface area contributed by atoms with Crippen LogP contribution in [0, 0.1) is 5.92 Å². The Morgan fingerprint density at radius 1 is 1.50 bits per heavy atom. The fourth-order valence-electron chi connectivity index (χ4n) is 2.00. The van der Waals surface area contributed by atoms with Gasteiger partial charge in [0.2, 0.25) is 0 Å². The minimum atomic E-state index is -0.189. The molecule has 1 aromatic rings. The van der Waals surface area contributed by atoms with Crippen molar-refractivity contribution in [3.05, 3.63) is 29.8 Å². The van der Waals surface area contributed by atoms with Gasteiger partial charge in [-0.2, -0.15) is 0 Å². The molecule has 1 N–H and O–H groups in total. The molecule has 0 aliphatic heterocycles. The quantitative estimate of drug-likeness (QED) is 0.795. The highest BCUT2D eigenvalue weighted by Gasteiger charge is 2.41. The number of hydrogen-bond acceptors (Lipinski definition) is 2. The third-order valence-corrected chi connectivity index (χ3v) is 2.98. The fourth-order valence-corrected chi connectivity index (χ4v) is 2.00. The molecular weight excluding hydrogens is 176 g/mol. The first-order valence-electron chi connectivity index (χ1n) is 5.04. The van der Waals surface area contributed by atoms with Crippen LogP contribution in [-0.2, 0) is 0 Å². The number of benzene rings is 1. The van der Waals surface area contributed by atoms with Crippen LogP contribution in [0.3, 0.4) is 0 Å². The predicted octanol–water partition coefficient (Wildman–Crippen LogP) is 2.18. The molecule has 0 spiro atoms. The monoisotopic (exact) mass is 192 g/mol. The standard InChI is InChI=1S/C12H16O2/c1-8(13)11-7-12(11)9-4-3-5-10(6-9)14-2/h3-6,8,11-13H,7H2,1-2H3/t8?,11-,12-/m0/s1. The maximum absolute atomic E-state index is 9.42. The first kappa shape index (κ1) is 9.53. The molecule has 76 valence electrons. The highest BCUT2D eigenvalue weighted by atomic mass is 16.5. The molecule has 2 nitrogen and oxygen atoms in total. The van der Waals surface area contributed by atoms with Crippen molar-refractivity contribution in [2.75, 3.05) is 7.11 Å². The largest absolute Gasteiger partial charge is 0.497 e. The van der Waals surface area contributed by atoms with Gasteiger partial charge in [0.05, 0.1) is 13.2 Å². The van der Waals surface area contributed by atoms with Crippen LogP contribution < -0.4 is 4.74 Å². The van der Waals surface area contributed by atoms with E-state index in [0.717, 1.165) is 12.2 Å². The lowest BCUT2D eigenvalue weighted by Crippen LogP contribution is -2.03. The summed E-state index contributed by atoms with van der Waals surface area (Å²) in [6, 6.07) is 8.12. The molecule has 1 unspecified atom stereocenters. The van der Waals surface area contributed by atoms with E-state index in [9.17, 15) is 5.11 Å². The molecule has 14 heavy (non-hydrogen) atoms. The summed E-state index contributed by atoms with van der Waals surface area (Å²) in [6.07, 6.45) is 0.913. The maximum Gasteiger partial charge on any atom is 0.119 e. The molecular formula is C12H16O2. The van der Waals surface area contributed by atoms with Crippen molar-refractivity contribution in [1.82, 2.24) is 0 Å². The maximum atomic E-state index is 9.42. The van der Waals surface area contributed by atoms with Gasteiger partial charge in [0.15, 0.2) is 0 Å². The number of hydrogen-bond donors (Lipinski definition) is 1. The lowest BCUT2D eigenvalue weighted by Gasteiger charge is -2.05. The summed E-state index contributed by atoms with van der Waals surface area (Å²) in [5, 5.41) is 9.42. The van der Waals surface area contributed by atoms with Crippen molar-refractivity contribution in [3.63, 3.8) is 0 Å². The zero-order valence-electron chi connectivity index (χ0n) is 8.60. The molecule has 0 aromatic heterocycles. The van der Waals surface area contributed by atoms with Crippen molar-refractivity contribution >= 4 is 0 Å². The second-order valence-electron chi connectivity index (χ2n) is 4.02. The zero-order chi connectivity index (χ0) is 10.1. The number of aliphatic hydroxyl groups excluding tert-OH is 1. The van der Waals surface area contributed by atoms with Crippen molar-refractivity contribution in [3.8, 4) is 5.75 Å². The molecule has 1 saturated carbocycles. The molecule has 1 aliphatic rings. The normalized spacial score (nSPS) is 27.1. The Labute approximate surface area is 84.5 Å². The molecule has 0 bridgehead atoms. The lowest BCUT2D eigenvalue weighted by molar-refractivity contribution is 0.169. The van der Waals surface area contributed by atoms with Crippen LogP contribution in [0.2, 0.25) is 0 Å². The van der Waals surface area contributed by atoms with Crippen LogP contribution in [0.15, 0.2) is 24.3 Å². The van der Waals surface area contributed by atoms with Gasteiger partial charge in [-0.3, -0.25) is 0 Å². The van der Waals surface area contributed by atoms with E-state index in [1.165, 1.54) is 5.56 Å². The summed E-state index contributed by atoms with van der Waals surface area (Å²) in [5.41, 5.74) is 1.29. The molecule has 1 aliphatic carbocycles. The van der Waals surface area contributed by atoms with Crippen molar-refractivity contribution in [1.29, 1.82) is 0 Å². The highest BCUT2D eigenvalue weighted by molar-refractivity contribution is 5.34. The van der Waals surface area contributed by atoms with E-state index in [4.69, 9.17) is 4.74 Å². The Morgan fingerprint density at radius 2 is 2.29 bits per heavy atom. The Balaban J connectivity index is 2.11. The van der Waals surface area contributed by atoms with E-state index in [1.54, 1.807) is 7.11 Å². The van der Waals surface area contributed by atoms with Crippen molar-refractivity contribution in [2.45, 2.75) is 25.4 Å². The molecule has 2 heteroatoms. The van der Waals surface area contributed by atoms with Crippen LogP contribution in [0.5, 0.6) is 5.75 Å². The van der Waals surface area contributed by atoms with Crippen molar-refractivity contribution < 1.29 is 9.84 Å². The summed E-state index contributed by atoms with van der Waals surface area (Å²) in [4.78, 5) is 0. The Morgan fingerprint density at radius 3 is 2.86 bits per heavy atom. The number of aliphatic hydroxyl groups is 1. The van der Waals surface area contributed by atoms with Crippen LogP contribution >= 0.6 is 0 Å². The topological polar surface area (TPSA) is 29.5 Å². The average molecular weight is 192 g/mol. The summed E-state index contributed by atoms with van der Waals surface area (Å²) in [5.74, 6) is 1.88. The van der Waals surface area contributed by atoms with Crippen molar-refractivity contribution in [2.24, 2.45) is 5.92 Å². The van der Waals surface area contributed by atoms with Gasteiger partial charge >= 0.3 is 0 Å². The van der Waals surface area contributed by atoms with Gasteiger partial charge in [-0.15, -0.1) is 0 Å². The van der Waals surface area contributed by atoms with E-state index >= 15 is 0 Å². The molecule has 0 amide bonds. The van der Waals surface area contributed by atoms with E-state index in [0.29, 0.717) is 11.8 Å². The number of methoxy groups -OCH3 is 1. The van der Waals surface area contributed by atoms with Crippen LogP contribution in [0.25, 0.3) is 0 Å². The zero-order valence-corrected chi connectivity index (χ0v) is 8.60. The van der Waals surface area contributed by atoms with E-state index < -0.39 is 0 Å². The third kappa shape index (κ3) is 1.75. The smallest absolute Gasteiger partial charge is 0.119 e. The first-order valence-corrected chi connectivity index (χ1v) is 5.04. The molecule has 0 radical (unpaired) electrons. The molecule has 3 atom stereocenters. The van der Waals surface area contributed by atoms with Gasteiger partial charge < -0.3 is 9.84 Å². The first-order chi connectivity index (χ1) is 6.72. The average Bonchev–Trinajstić information content (AvgIpc) is 2.97. The van der Waals surface area contributed by atoms with Gasteiger partial charge in [0, 0.05) is 0 Å². The summed E-state index contributed by atoms with van der Waals surface area (Å²) < 4.78 is 5.17. The van der Waals surface area contributed by atoms with Crippen LogP contribution in [0.4, 0.5) is 0 Å².